The first-order valence-electron chi connectivity index (χ1n) is 7.94. The van der Waals surface area contributed by atoms with Gasteiger partial charge in [-0.25, -0.2) is 0 Å². The highest BCUT2D eigenvalue weighted by atomic mass is 16.6. The SMILES string of the molecule is CC(=O)O[C@@H]1C(C)=CC[C@H]2[C@H](C)CC[C@H]3[C@H](C)C(=O)O[C@]123. The van der Waals surface area contributed by atoms with E-state index >= 15 is 0 Å². The van der Waals surface area contributed by atoms with Gasteiger partial charge in [0.25, 0.3) is 0 Å². The smallest absolute Gasteiger partial charge is 0.309 e. The van der Waals surface area contributed by atoms with Crippen LogP contribution in [0.4, 0.5) is 0 Å². The molecule has 0 amide bonds. The summed E-state index contributed by atoms with van der Waals surface area (Å²) < 4.78 is 11.6. The van der Waals surface area contributed by atoms with Crippen molar-refractivity contribution in [2.75, 3.05) is 0 Å². The van der Waals surface area contributed by atoms with Crippen molar-refractivity contribution in [2.45, 2.75) is 58.7 Å². The molecule has 2 fully saturated rings. The molecule has 0 aromatic carbocycles. The Labute approximate surface area is 125 Å². The van der Waals surface area contributed by atoms with Crippen LogP contribution in [0, 0.1) is 23.7 Å². The van der Waals surface area contributed by atoms with Crippen LogP contribution < -0.4 is 0 Å². The summed E-state index contributed by atoms with van der Waals surface area (Å²) in [5.41, 5.74) is 0.376. The van der Waals surface area contributed by atoms with Crippen LogP contribution in [0.15, 0.2) is 11.6 Å². The van der Waals surface area contributed by atoms with Crippen LogP contribution in [0.3, 0.4) is 0 Å². The van der Waals surface area contributed by atoms with Gasteiger partial charge >= 0.3 is 11.9 Å². The highest BCUT2D eigenvalue weighted by Crippen LogP contribution is 2.58. The molecule has 0 N–H and O–H groups in total. The average Bonchev–Trinajstić information content (AvgIpc) is 2.66. The second-order valence-corrected chi connectivity index (χ2v) is 7.00. The van der Waals surface area contributed by atoms with Crippen LogP contribution in [0.25, 0.3) is 0 Å². The summed E-state index contributed by atoms with van der Waals surface area (Å²) in [6.07, 6.45) is 4.71. The lowest BCUT2D eigenvalue weighted by Crippen LogP contribution is -2.60. The number of esters is 2. The van der Waals surface area contributed by atoms with Gasteiger partial charge in [0.05, 0.1) is 5.92 Å². The first-order chi connectivity index (χ1) is 9.87. The van der Waals surface area contributed by atoms with Crippen molar-refractivity contribution in [2.24, 2.45) is 23.7 Å². The van der Waals surface area contributed by atoms with Crippen molar-refractivity contribution in [1.82, 2.24) is 0 Å². The molecule has 21 heavy (non-hydrogen) atoms. The number of hydrogen-bond donors (Lipinski definition) is 0. The van der Waals surface area contributed by atoms with Crippen LogP contribution in [0.1, 0.15) is 47.0 Å². The average molecular weight is 292 g/mol. The van der Waals surface area contributed by atoms with Gasteiger partial charge in [0.2, 0.25) is 0 Å². The number of hydrogen-bond acceptors (Lipinski definition) is 4. The van der Waals surface area contributed by atoms with Crippen LogP contribution in [0.2, 0.25) is 0 Å². The Hall–Kier alpha value is -1.32. The minimum absolute atomic E-state index is 0.107. The molecule has 3 rings (SSSR count). The highest BCUT2D eigenvalue weighted by Gasteiger charge is 2.66. The fourth-order valence-electron chi connectivity index (χ4n) is 4.80. The molecule has 1 aliphatic heterocycles. The normalized spacial score (nSPS) is 45.2. The third-order valence-corrected chi connectivity index (χ3v) is 5.83. The van der Waals surface area contributed by atoms with Gasteiger partial charge in [0.1, 0.15) is 0 Å². The number of rotatable bonds is 1. The molecule has 1 heterocycles. The van der Waals surface area contributed by atoms with E-state index in [-0.39, 0.29) is 29.7 Å². The maximum atomic E-state index is 12.3. The molecule has 1 saturated heterocycles. The van der Waals surface area contributed by atoms with E-state index in [1.807, 2.05) is 13.8 Å². The molecule has 1 spiro atoms. The molecule has 0 radical (unpaired) electrons. The molecular formula is C17H24O4. The first kappa shape index (κ1) is 14.6. The van der Waals surface area contributed by atoms with Crippen LogP contribution in [0.5, 0.6) is 0 Å². The summed E-state index contributed by atoms with van der Waals surface area (Å²) >= 11 is 0. The van der Waals surface area contributed by atoms with E-state index in [9.17, 15) is 9.59 Å². The first-order valence-corrected chi connectivity index (χ1v) is 7.94. The summed E-state index contributed by atoms with van der Waals surface area (Å²) in [4.78, 5) is 23.8. The Morgan fingerprint density at radius 1 is 1.33 bits per heavy atom. The highest BCUT2D eigenvalue weighted by molar-refractivity contribution is 5.76. The van der Waals surface area contributed by atoms with Crippen molar-refractivity contribution in [3.8, 4) is 0 Å². The van der Waals surface area contributed by atoms with E-state index in [0.717, 1.165) is 24.8 Å². The monoisotopic (exact) mass is 292 g/mol. The molecule has 4 heteroatoms. The summed E-state index contributed by atoms with van der Waals surface area (Å²) in [5.74, 6) is 0.324. The van der Waals surface area contributed by atoms with Gasteiger partial charge < -0.3 is 9.47 Å². The molecule has 2 aliphatic carbocycles. The van der Waals surface area contributed by atoms with Crippen molar-refractivity contribution in [1.29, 1.82) is 0 Å². The number of allylic oxidation sites excluding steroid dienone is 1. The fourth-order valence-corrected chi connectivity index (χ4v) is 4.80. The zero-order valence-corrected chi connectivity index (χ0v) is 13.2. The standard InChI is InChI=1S/C17H24O4/c1-9-5-8-14-11(3)16(19)21-17(14)13(9)7-6-10(2)15(17)20-12(4)18/h6,9,11,13-15H,5,7-8H2,1-4H3/t9-,11+,13+,14+,15-,17-/m1/s1. The molecule has 0 unspecified atom stereocenters. The van der Waals surface area contributed by atoms with Crippen LogP contribution >= 0.6 is 0 Å². The van der Waals surface area contributed by atoms with Crippen molar-refractivity contribution in [3.63, 3.8) is 0 Å². The third kappa shape index (κ3) is 1.95. The minimum atomic E-state index is -0.640. The Bertz CT molecular complexity index is 509. The van der Waals surface area contributed by atoms with E-state index in [1.54, 1.807) is 0 Å². The zero-order valence-electron chi connectivity index (χ0n) is 13.2. The lowest BCUT2D eigenvalue weighted by molar-refractivity contribution is -0.197. The van der Waals surface area contributed by atoms with Gasteiger partial charge in [-0.2, -0.15) is 0 Å². The molecule has 116 valence electrons. The topological polar surface area (TPSA) is 52.6 Å². The molecule has 4 nitrogen and oxygen atoms in total. The third-order valence-electron chi connectivity index (χ3n) is 5.83. The van der Waals surface area contributed by atoms with Crippen LogP contribution in [-0.4, -0.2) is 23.6 Å². The van der Waals surface area contributed by atoms with Crippen molar-refractivity contribution < 1.29 is 19.1 Å². The minimum Gasteiger partial charge on any atom is -0.454 e. The molecular weight excluding hydrogens is 268 g/mol. The predicted octanol–water partition coefficient (Wildman–Crippen LogP) is 2.86. The Kier molecular flexibility index (Phi) is 3.38. The van der Waals surface area contributed by atoms with Gasteiger partial charge in [-0.3, -0.25) is 9.59 Å². The van der Waals surface area contributed by atoms with Gasteiger partial charge in [-0.1, -0.05) is 19.9 Å². The van der Waals surface area contributed by atoms with Gasteiger partial charge in [-0.15, -0.1) is 0 Å². The largest absolute Gasteiger partial charge is 0.454 e. The second-order valence-electron chi connectivity index (χ2n) is 7.00. The van der Waals surface area contributed by atoms with Crippen molar-refractivity contribution >= 4 is 11.9 Å². The van der Waals surface area contributed by atoms with E-state index in [0.29, 0.717) is 5.92 Å². The lowest BCUT2D eigenvalue weighted by Gasteiger charge is -2.52. The quantitative estimate of drug-likeness (QED) is 0.551. The Morgan fingerprint density at radius 2 is 2.05 bits per heavy atom. The van der Waals surface area contributed by atoms with E-state index < -0.39 is 11.7 Å². The predicted molar refractivity (Wildman–Crippen MR) is 77.3 cm³/mol. The van der Waals surface area contributed by atoms with E-state index in [2.05, 4.69) is 13.0 Å². The lowest BCUT2D eigenvalue weighted by atomic mass is 9.56. The van der Waals surface area contributed by atoms with E-state index in [1.165, 1.54) is 6.92 Å². The zero-order chi connectivity index (χ0) is 15.4. The summed E-state index contributed by atoms with van der Waals surface area (Å²) in [6.45, 7) is 7.58. The Balaban J connectivity index is 2.10. The summed E-state index contributed by atoms with van der Waals surface area (Å²) in [7, 11) is 0. The van der Waals surface area contributed by atoms with Crippen LogP contribution in [-0.2, 0) is 19.1 Å². The van der Waals surface area contributed by atoms with Gasteiger partial charge in [0, 0.05) is 18.8 Å². The molecule has 0 aromatic heterocycles. The van der Waals surface area contributed by atoms with Crippen molar-refractivity contribution in [3.05, 3.63) is 11.6 Å². The maximum Gasteiger partial charge on any atom is 0.309 e. The molecule has 0 bridgehead atoms. The van der Waals surface area contributed by atoms with E-state index in [4.69, 9.17) is 9.47 Å². The molecule has 1 saturated carbocycles. The summed E-state index contributed by atoms with van der Waals surface area (Å²) in [6, 6.07) is 0. The van der Waals surface area contributed by atoms with Gasteiger partial charge in [0.15, 0.2) is 11.7 Å². The molecule has 6 atom stereocenters. The summed E-state index contributed by atoms with van der Waals surface area (Å²) in [5, 5.41) is 0. The molecule has 3 aliphatic rings. The second kappa shape index (κ2) is 4.85. The number of ether oxygens (including phenoxy) is 2. The fraction of sp³-hybridized carbons (Fsp3) is 0.765. The Morgan fingerprint density at radius 3 is 2.71 bits per heavy atom. The maximum absolute atomic E-state index is 12.3. The number of carbonyl (C=O) groups excluding carboxylic acids is 2. The van der Waals surface area contributed by atoms with Gasteiger partial charge in [-0.05, 0) is 37.7 Å². The molecule has 0 aromatic rings. The number of carbonyl (C=O) groups is 2.